The Hall–Kier alpha value is -1.07. The van der Waals surface area contributed by atoms with Crippen molar-refractivity contribution in [3.05, 3.63) is 30.1 Å². The second-order valence-corrected chi connectivity index (χ2v) is 6.18. The van der Waals surface area contributed by atoms with Gasteiger partial charge < -0.3 is 14.0 Å². The van der Waals surface area contributed by atoms with Crippen LogP contribution in [-0.4, -0.2) is 35.2 Å². The normalized spacial score (nSPS) is 23.4. The van der Waals surface area contributed by atoms with Crippen molar-refractivity contribution in [3.63, 3.8) is 0 Å². The first kappa shape index (κ1) is 13.9. The van der Waals surface area contributed by atoms with Crippen LogP contribution in [0.5, 0.6) is 0 Å². The van der Waals surface area contributed by atoms with Gasteiger partial charge in [0.15, 0.2) is 5.82 Å². The molecule has 0 spiro atoms. The van der Waals surface area contributed by atoms with Gasteiger partial charge in [-0.25, -0.2) is 4.98 Å². The van der Waals surface area contributed by atoms with E-state index in [1.165, 1.54) is 5.69 Å². The molecular formula is C15H20BrN3O. The Morgan fingerprint density at radius 1 is 1.45 bits per heavy atom. The van der Waals surface area contributed by atoms with Crippen LogP contribution in [0.25, 0.3) is 5.65 Å². The summed E-state index contributed by atoms with van der Waals surface area (Å²) in [6.07, 6.45) is 4.32. The zero-order valence-corrected chi connectivity index (χ0v) is 13.6. The van der Waals surface area contributed by atoms with Gasteiger partial charge in [-0.15, -0.1) is 0 Å². The van der Waals surface area contributed by atoms with Crippen molar-refractivity contribution in [2.75, 3.05) is 25.1 Å². The molecule has 1 fully saturated rings. The molecule has 1 saturated heterocycles. The first-order valence-corrected chi connectivity index (χ1v) is 8.11. The molecule has 0 radical (unpaired) electrons. The summed E-state index contributed by atoms with van der Waals surface area (Å²) in [5.41, 5.74) is 2.14. The van der Waals surface area contributed by atoms with E-state index >= 15 is 0 Å². The first-order chi connectivity index (χ1) is 9.67. The average molecular weight is 338 g/mol. The molecular weight excluding hydrogens is 318 g/mol. The molecule has 1 atom stereocenters. The van der Waals surface area contributed by atoms with Gasteiger partial charge in [0.1, 0.15) is 5.65 Å². The van der Waals surface area contributed by atoms with Crippen molar-refractivity contribution in [2.45, 2.75) is 30.7 Å². The molecule has 1 aliphatic rings. The number of hydrogen-bond donors (Lipinski definition) is 0. The first-order valence-electron chi connectivity index (χ1n) is 6.99. The van der Waals surface area contributed by atoms with Gasteiger partial charge in [-0.1, -0.05) is 22.0 Å². The fourth-order valence-corrected chi connectivity index (χ4v) is 3.49. The number of pyridine rings is 1. The topological polar surface area (TPSA) is 29.8 Å². The fourth-order valence-electron chi connectivity index (χ4n) is 2.96. The smallest absolute Gasteiger partial charge is 0.152 e. The van der Waals surface area contributed by atoms with Gasteiger partial charge in [0.2, 0.25) is 0 Å². The van der Waals surface area contributed by atoms with E-state index in [1.54, 1.807) is 7.11 Å². The van der Waals surface area contributed by atoms with E-state index in [2.05, 4.69) is 44.4 Å². The zero-order chi connectivity index (χ0) is 14.2. The van der Waals surface area contributed by atoms with E-state index in [4.69, 9.17) is 9.72 Å². The van der Waals surface area contributed by atoms with Crippen LogP contribution in [0.3, 0.4) is 0 Å². The van der Waals surface area contributed by atoms with E-state index in [-0.39, 0.29) is 5.60 Å². The number of piperidine rings is 1. The minimum Gasteiger partial charge on any atom is -0.377 e. The van der Waals surface area contributed by atoms with Crippen LogP contribution >= 0.6 is 15.9 Å². The van der Waals surface area contributed by atoms with Gasteiger partial charge in [0.05, 0.1) is 11.3 Å². The maximum absolute atomic E-state index is 5.69. The summed E-state index contributed by atoms with van der Waals surface area (Å²) in [6.45, 7) is 4.12. The van der Waals surface area contributed by atoms with Crippen molar-refractivity contribution in [3.8, 4) is 0 Å². The Morgan fingerprint density at radius 2 is 2.30 bits per heavy atom. The summed E-state index contributed by atoms with van der Waals surface area (Å²) >= 11 is 3.60. The largest absolute Gasteiger partial charge is 0.377 e. The lowest BCUT2D eigenvalue weighted by Gasteiger charge is -2.40. The highest BCUT2D eigenvalue weighted by Gasteiger charge is 2.32. The lowest BCUT2D eigenvalue weighted by atomic mass is 9.95. The van der Waals surface area contributed by atoms with Gasteiger partial charge >= 0.3 is 0 Å². The van der Waals surface area contributed by atoms with Gasteiger partial charge in [0.25, 0.3) is 0 Å². The van der Waals surface area contributed by atoms with Gasteiger partial charge in [-0.2, -0.15) is 0 Å². The van der Waals surface area contributed by atoms with E-state index in [9.17, 15) is 0 Å². The van der Waals surface area contributed by atoms with Crippen molar-refractivity contribution in [1.82, 2.24) is 9.38 Å². The lowest BCUT2D eigenvalue weighted by Crippen LogP contribution is -2.47. The van der Waals surface area contributed by atoms with Gasteiger partial charge in [0, 0.05) is 31.7 Å². The Bertz CT molecular complexity index is 612. The summed E-state index contributed by atoms with van der Waals surface area (Å²) in [7, 11) is 1.80. The fraction of sp³-hybridized carbons (Fsp3) is 0.533. The molecule has 20 heavy (non-hydrogen) atoms. The van der Waals surface area contributed by atoms with Gasteiger partial charge in [-0.05, 0) is 31.9 Å². The number of rotatable bonds is 3. The third-order valence-corrected chi connectivity index (χ3v) is 4.72. The molecule has 2 aromatic rings. The Labute approximate surface area is 127 Å². The number of methoxy groups -OCH3 is 1. The molecule has 0 aliphatic carbocycles. The third-order valence-electron chi connectivity index (χ3n) is 4.19. The average Bonchev–Trinajstić information content (AvgIpc) is 2.86. The van der Waals surface area contributed by atoms with E-state index < -0.39 is 0 Å². The second-order valence-electron chi connectivity index (χ2n) is 5.62. The molecule has 0 bridgehead atoms. The van der Waals surface area contributed by atoms with Crippen LogP contribution in [0.4, 0.5) is 5.82 Å². The van der Waals surface area contributed by atoms with Crippen molar-refractivity contribution >= 4 is 27.4 Å². The Morgan fingerprint density at radius 3 is 3.05 bits per heavy atom. The monoisotopic (exact) mass is 337 g/mol. The van der Waals surface area contributed by atoms with Crippen LogP contribution < -0.4 is 4.90 Å². The summed E-state index contributed by atoms with van der Waals surface area (Å²) in [5, 5.41) is 0.799. The number of hydrogen-bond acceptors (Lipinski definition) is 3. The van der Waals surface area contributed by atoms with E-state index in [0.717, 1.165) is 42.7 Å². The second kappa shape index (κ2) is 5.37. The summed E-state index contributed by atoms with van der Waals surface area (Å²) in [6, 6.07) is 6.12. The van der Waals surface area contributed by atoms with Gasteiger partial charge in [-0.3, -0.25) is 0 Å². The SMILES string of the molecule is COC1(C)CCCN(c2nc3ccccn3c2CBr)C1. The predicted molar refractivity (Wildman–Crippen MR) is 84.7 cm³/mol. The zero-order valence-electron chi connectivity index (χ0n) is 12.0. The molecule has 108 valence electrons. The molecule has 0 saturated carbocycles. The standard InChI is InChI=1S/C15H20BrN3O/c1-15(20-2)7-5-8-18(11-15)14-12(10-16)19-9-4-3-6-13(19)17-14/h3-4,6,9H,5,7-8,10-11H2,1-2H3. The number of anilines is 1. The predicted octanol–water partition coefficient (Wildman–Crippen LogP) is 3.23. The highest BCUT2D eigenvalue weighted by Crippen LogP contribution is 2.31. The van der Waals surface area contributed by atoms with Crippen molar-refractivity contribution < 1.29 is 4.74 Å². The number of ether oxygens (including phenoxy) is 1. The summed E-state index contributed by atoms with van der Waals surface area (Å²) < 4.78 is 7.85. The highest BCUT2D eigenvalue weighted by molar-refractivity contribution is 9.08. The number of imidazole rings is 1. The van der Waals surface area contributed by atoms with Crippen LogP contribution in [0.15, 0.2) is 24.4 Å². The number of nitrogens with zero attached hydrogens (tertiary/aromatic N) is 3. The van der Waals surface area contributed by atoms with E-state index in [1.807, 2.05) is 12.1 Å². The molecule has 3 rings (SSSR count). The number of alkyl halides is 1. The molecule has 2 aromatic heterocycles. The minimum atomic E-state index is -0.0718. The maximum Gasteiger partial charge on any atom is 0.152 e. The molecule has 1 unspecified atom stereocenters. The molecule has 5 heteroatoms. The van der Waals surface area contributed by atoms with Crippen LogP contribution in [-0.2, 0) is 10.1 Å². The maximum atomic E-state index is 5.69. The van der Waals surface area contributed by atoms with Crippen LogP contribution in [0.2, 0.25) is 0 Å². The van der Waals surface area contributed by atoms with Crippen LogP contribution in [0.1, 0.15) is 25.5 Å². The molecule has 0 N–H and O–H groups in total. The molecule has 0 amide bonds. The van der Waals surface area contributed by atoms with E-state index in [0.29, 0.717) is 0 Å². The lowest BCUT2D eigenvalue weighted by molar-refractivity contribution is -0.00481. The Balaban J connectivity index is 2.01. The molecule has 3 heterocycles. The van der Waals surface area contributed by atoms with Crippen LogP contribution in [0, 0.1) is 0 Å². The number of aromatic nitrogens is 2. The van der Waals surface area contributed by atoms with Crippen molar-refractivity contribution in [2.24, 2.45) is 0 Å². The minimum absolute atomic E-state index is 0.0718. The number of fused-ring (bicyclic) bond motifs is 1. The summed E-state index contributed by atoms with van der Waals surface area (Å²) in [5.74, 6) is 1.08. The molecule has 4 nitrogen and oxygen atoms in total. The molecule has 1 aliphatic heterocycles. The third kappa shape index (κ3) is 2.33. The Kier molecular flexibility index (Phi) is 3.73. The quantitative estimate of drug-likeness (QED) is 0.805. The molecule has 0 aromatic carbocycles. The summed E-state index contributed by atoms with van der Waals surface area (Å²) in [4.78, 5) is 7.17. The highest BCUT2D eigenvalue weighted by atomic mass is 79.9. The van der Waals surface area contributed by atoms with Crippen molar-refractivity contribution in [1.29, 1.82) is 0 Å². The number of halogens is 1.